The number of anilines is 1. The number of aromatic nitrogens is 2. The number of nitrogens with zero attached hydrogens (tertiary/aromatic N) is 2. The van der Waals surface area contributed by atoms with Gasteiger partial charge in [0.25, 0.3) is 0 Å². The Morgan fingerprint density at radius 2 is 1.81 bits per heavy atom. The van der Waals surface area contributed by atoms with Crippen molar-refractivity contribution in [3.8, 4) is 0 Å². The van der Waals surface area contributed by atoms with E-state index in [1.54, 1.807) is 24.5 Å². The van der Waals surface area contributed by atoms with Crippen LogP contribution in [0.4, 0.5) is 10.3 Å². The SMILES string of the molecule is Cc1cnc(NC2(c3cccc(F)c3)CCCCC2)nc1. The molecule has 0 saturated heterocycles. The lowest BCUT2D eigenvalue weighted by atomic mass is 9.76. The molecule has 0 aliphatic heterocycles. The fourth-order valence-electron chi connectivity index (χ4n) is 3.10. The van der Waals surface area contributed by atoms with Crippen LogP contribution in [0.3, 0.4) is 0 Å². The Labute approximate surface area is 124 Å². The summed E-state index contributed by atoms with van der Waals surface area (Å²) < 4.78 is 13.6. The minimum atomic E-state index is -0.254. The van der Waals surface area contributed by atoms with Crippen LogP contribution in [-0.2, 0) is 5.54 Å². The molecule has 1 aliphatic carbocycles. The molecule has 0 amide bonds. The van der Waals surface area contributed by atoms with E-state index in [4.69, 9.17) is 0 Å². The maximum absolute atomic E-state index is 13.6. The van der Waals surface area contributed by atoms with Crippen LogP contribution in [0, 0.1) is 12.7 Å². The Balaban J connectivity index is 1.94. The molecular formula is C17H20FN3. The van der Waals surface area contributed by atoms with Crippen LogP contribution < -0.4 is 5.32 Å². The highest BCUT2D eigenvalue weighted by Crippen LogP contribution is 2.39. The van der Waals surface area contributed by atoms with E-state index in [2.05, 4.69) is 15.3 Å². The summed E-state index contributed by atoms with van der Waals surface area (Å²) in [7, 11) is 0. The number of aryl methyl sites for hydroxylation is 1. The number of hydrogen-bond donors (Lipinski definition) is 1. The second kappa shape index (κ2) is 5.80. The van der Waals surface area contributed by atoms with Gasteiger partial charge in [-0.3, -0.25) is 0 Å². The van der Waals surface area contributed by atoms with Gasteiger partial charge in [0.05, 0.1) is 5.54 Å². The second-order valence-electron chi connectivity index (χ2n) is 5.86. The topological polar surface area (TPSA) is 37.8 Å². The van der Waals surface area contributed by atoms with Gasteiger partial charge in [-0.15, -0.1) is 0 Å². The molecule has 0 spiro atoms. The molecule has 1 aromatic carbocycles. The van der Waals surface area contributed by atoms with Crippen molar-refractivity contribution in [3.05, 3.63) is 53.6 Å². The first kappa shape index (κ1) is 14.0. The monoisotopic (exact) mass is 285 g/mol. The van der Waals surface area contributed by atoms with E-state index in [9.17, 15) is 4.39 Å². The third-order valence-corrected chi connectivity index (χ3v) is 4.22. The lowest BCUT2D eigenvalue weighted by molar-refractivity contribution is 0.327. The normalized spacial score (nSPS) is 17.4. The van der Waals surface area contributed by atoms with Gasteiger partial charge in [-0.2, -0.15) is 0 Å². The first-order valence-electron chi connectivity index (χ1n) is 7.51. The largest absolute Gasteiger partial charge is 0.345 e. The Morgan fingerprint density at radius 3 is 2.48 bits per heavy atom. The lowest BCUT2D eigenvalue weighted by Gasteiger charge is -2.38. The predicted octanol–water partition coefficient (Wildman–Crippen LogP) is 4.20. The fraction of sp³-hybridized carbons (Fsp3) is 0.412. The predicted molar refractivity (Wildman–Crippen MR) is 81.6 cm³/mol. The molecule has 3 nitrogen and oxygen atoms in total. The van der Waals surface area contributed by atoms with Gasteiger partial charge in [-0.25, -0.2) is 14.4 Å². The van der Waals surface area contributed by atoms with Crippen molar-refractivity contribution in [2.24, 2.45) is 0 Å². The first-order chi connectivity index (χ1) is 10.2. The summed E-state index contributed by atoms with van der Waals surface area (Å²) in [5, 5.41) is 3.48. The Morgan fingerprint density at radius 1 is 1.10 bits per heavy atom. The number of hydrogen-bond acceptors (Lipinski definition) is 3. The first-order valence-corrected chi connectivity index (χ1v) is 7.51. The van der Waals surface area contributed by atoms with Gasteiger partial charge in [0.15, 0.2) is 0 Å². The van der Waals surface area contributed by atoms with E-state index < -0.39 is 0 Å². The average Bonchev–Trinajstić information content (AvgIpc) is 2.51. The van der Waals surface area contributed by atoms with Gasteiger partial charge in [-0.1, -0.05) is 31.4 Å². The van der Waals surface area contributed by atoms with Crippen LogP contribution in [0.2, 0.25) is 0 Å². The maximum atomic E-state index is 13.6. The molecule has 0 radical (unpaired) electrons. The minimum Gasteiger partial charge on any atom is -0.345 e. The summed E-state index contributed by atoms with van der Waals surface area (Å²) in [4.78, 5) is 8.70. The van der Waals surface area contributed by atoms with Crippen LogP contribution in [-0.4, -0.2) is 9.97 Å². The Hall–Kier alpha value is -1.97. The van der Waals surface area contributed by atoms with Gasteiger partial charge in [0, 0.05) is 12.4 Å². The minimum absolute atomic E-state index is 0.191. The van der Waals surface area contributed by atoms with E-state index in [0.717, 1.165) is 36.8 Å². The van der Waals surface area contributed by atoms with Crippen molar-refractivity contribution in [1.82, 2.24) is 9.97 Å². The van der Waals surface area contributed by atoms with Crippen molar-refractivity contribution in [3.63, 3.8) is 0 Å². The summed E-state index contributed by atoms with van der Waals surface area (Å²) in [5.41, 5.74) is 1.77. The molecule has 3 rings (SSSR count). The highest BCUT2D eigenvalue weighted by molar-refractivity contribution is 5.38. The molecule has 110 valence electrons. The van der Waals surface area contributed by atoms with E-state index in [1.807, 2.05) is 13.0 Å². The van der Waals surface area contributed by atoms with Crippen LogP contribution >= 0.6 is 0 Å². The zero-order valence-electron chi connectivity index (χ0n) is 12.3. The highest BCUT2D eigenvalue weighted by Gasteiger charge is 2.34. The molecule has 0 unspecified atom stereocenters. The maximum Gasteiger partial charge on any atom is 0.223 e. The molecule has 0 atom stereocenters. The van der Waals surface area contributed by atoms with Crippen LogP contribution in [0.5, 0.6) is 0 Å². The van der Waals surface area contributed by atoms with Gasteiger partial charge < -0.3 is 5.32 Å². The molecule has 2 aromatic rings. The molecule has 21 heavy (non-hydrogen) atoms. The third-order valence-electron chi connectivity index (χ3n) is 4.22. The summed E-state index contributed by atoms with van der Waals surface area (Å²) in [5.74, 6) is 0.427. The molecule has 4 heteroatoms. The van der Waals surface area contributed by atoms with Gasteiger partial charge in [-0.05, 0) is 43.0 Å². The number of rotatable bonds is 3. The van der Waals surface area contributed by atoms with Crippen LogP contribution in [0.1, 0.15) is 43.2 Å². The highest BCUT2D eigenvalue weighted by atomic mass is 19.1. The smallest absolute Gasteiger partial charge is 0.223 e. The van der Waals surface area contributed by atoms with E-state index in [-0.39, 0.29) is 11.4 Å². The number of nitrogens with one attached hydrogen (secondary N) is 1. The Kier molecular flexibility index (Phi) is 3.86. The fourth-order valence-corrected chi connectivity index (χ4v) is 3.10. The van der Waals surface area contributed by atoms with E-state index in [0.29, 0.717) is 5.95 Å². The summed E-state index contributed by atoms with van der Waals surface area (Å²) in [6, 6.07) is 6.89. The van der Waals surface area contributed by atoms with Crippen molar-refractivity contribution < 1.29 is 4.39 Å². The number of benzene rings is 1. The lowest BCUT2D eigenvalue weighted by Crippen LogP contribution is -2.38. The van der Waals surface area contributed by atoms with Gasteiger partial charge >= 0.3 is 0 Å². The van der Waals surface area contributed by atoms with Crippen molar-refractivity contribution in [2.75, 3.05) is 5.32 Å². The van der Waals surface area contributed by atoms with Gasteiger partial charge in [0.1, 0.15) is 5.82 Å². The van der Waals surface area contributed by atoms with Crippen molar-refractivity contribution >= 4 is 5.95 Å². The molecule has 1 fully saturated rings. The molecule has 1 aliphatic rings. The molecular weight excluding hydrogens is 265 g/mol. The quantitative estimate of drug-likeness (QED) is 0.918. The summed E-state index contributed by atoms with van der Waals surface area (Å²) >= 11 is 0. The van der Waals surface area contributed by atoms with Crippen molar-refractivity contribution in [1.29, 1.82) is 0 Å². The average molecular weight is 285 g/mol. The van der Waals surface area contributed by atoms with Crippen LogP contribution in [0.25, 0.3) is 0 Å². The van der Waals surface area contributed by atoms with E-state index in [1.165, 1.54) is 12.5 Å². The third kappa shape index (κ3) is 3.04. The summed E-state index contributed by atoms with van der Waals surface area (Å²) in [6.45, 7) is 1.97. The molecule has 1 aromatic heterocycles. The van der Waals surface area contributed by atoms with E-state index >= 15 is 0 Å². The molecule has 1 N–H and O–H groups in total. The molecule has 1 saturated carbocycles. The zero-order valence-corrected chi connectivity index (χ0v) is 12.3. The molecule has 0 bridgehead atoms. The number of halogens is 1. The van der Waals surface area contributed by atoms with Crippen molar-refractivity contribution in [2.45, 2.75) is 44.6 Å². The Bertz CT molecular complexity index is 604. The van der Waals surface area contributed by atoms with Crippen LogP contribution in [0.15, 0.2) is 36.7 Å². The van der Waals surface area contributed by atoms with Gasteiger partial charge in [0.2, 0.25) is 5.95 Å². The second-order valence-corrected chi connectivity index (χ2v) is 5.86. The zero-order chi connectivity index (χ0) is 14.7. The molecule has 1 heterocycles. The standard InChI is InChI=1S/C17H20FN3/c1-13-11-19-16(20-12-13)21-17(8-3-2-4-9-17)14-6-5-7-15(18)10-14/h5-7,10-12H,2-4,8-9H2,1H3,(H,19,20,21). The summed E-state index contributed by atoms with van der Waals surface area (Å²) in [6.07, 6.45) is 9.06.